The molecule has 1 fully saturated rings. The number of piperazine rings is 1. The number of nitrogens with one attached hydrogen (secondary N) is 2. The van der Waals surface area contributed by atoms with E-state index in [0.717, 1.165) is 38.5 Å². The van der Waals surface area contributed by atoms with Gasteiger partial charge in [0.05, 0.1) is 13.2 Å². The van der Waals surface area contributed by atoms with Gasteiger partial charge in [0.15, 0.2) is 11.5 Å². The van der Waals surface area contributed by atoms with Crippen LogP contribution in [0.1, 0.15) is 12.5 Å². The smallest absolute Gasteiger partial charge is 0.325 e. The second-order valence-corrected chi connectivity index (χ2v) is 7.99. The molecule has 33 heavy (non-hydrogen) atoms. The maximum Gasteiger partial charge on any atom is 0.325 e. The van der Waals surface area contributed by atoms with Crippen LogP contribution in [0.25, 0.3) is 0 Å². The highest BCUT2D eigenvalue weighted by Gasteiger charge is 2.20. The minimum Gasteiger partial charge on any atom is -0.494 e. The molecule has 2 heterocycles. The third-order valence-electron chi connectivity index (χ3n) is 5.53. The van der Waals surface area contributed by atoms with Gasteiger partial charge in [-0.25, -0.2) is 4.79 Å². The summed E-state index contributed by atoms with van der Waals surface area (Å²) in [7, 11) is 0. The summed E-state index contributed by atoms with van der Waals surface area (Å²) in [6.07, 6.45) is 0. The Morgan fingerprint density at radius 2 is 1.64 bits per heavy atom. The summed E-state index contributed by atoms with van der Waals surface area (Å²) in [6.45, 7) is 7.93. The van der Waals surface area contributed by atoms with E-state index in [1.54, 1.807) is 18.2 Å². The van der Waals surface area contributed by atoms with Gasteiger partial charge in [0, 0.05) is 44.5 Å². The van der Waals surface area contributed by atoms with Crippen molar-refractivity contribution in [3.05, 3.63) is 48.0 Å². The number of benzene rings is 2. The van der Waals surface area contributed by atoms with Crippen molar-refractivity contribution < 1.29 is 23.8 Å². The lowest BCUT2D eigenvalue weighted by molar-refractivity contribution is -0.121. The van der Waals surface area contributed by atoms with Crippen molar-refractivity contribution in [3.8, 4) is 17.2 Å². The first-order valence-electron chi connectivity index (χ1n) is 11.3. The summed E-state index contributed by atoms with van der Waals surface area (Å²) >= 11 is 0. The number of urea groups is 1. The minimum atomic E-state index is -0.564. The lowest BCUT2D eigenvalue weighted by Gasteiger charge is -2.34. The Morgan fingerprint density at radius 1 is 0.939 bits per heavy atom. The van der Waals surface area contributed by atoms with Gasteiger partial charge in [-0.3, -0.25) is 19.9 Å². The van der Waals surface area contributed by atoms with Gasteiger partial charge in [-0.2, -0.15) is 0 Å². The summed E-state index contributed by atoms with van der Waals surface area (Å²) < 4.78 is 16.5. The van der Waals surface area contributed by atoms with E-state index in [9.17, 15) is 9.59 Å². The minimum absolute atomic E-state index is 0.186. The van der Waals surface area contributed by atoms with Gasteiger partial charge in [-0.15, -0.1) is 0 Å². The molecule has 176 valence electrons. The summed E-state index contributed by atoms with van der Waals surface area (Å²) in [5, 5.41) is 5.06. The summed E-state index contributed by atoms with van der Waals surface area (Å²) in [5.74, 6) is 1.78. The zero-order valence-electron chi connectivity index (χ0n) is 18.8. The topological polar surface area (TPSA) is 92.4 Å². The van der Waals surface area contributed by atoms with Gasteiger partial charge in [0.1, 0.15) is 19.0 Å². The van der Waals surface area contributed by atoms with Crippen LogP contribution in [0, 0.1) is 0 Å². The fourth-order valence-electron chi connectivity index (χ4n) is 3.87. The quantitative estimate of drug-likeness (QED) is 0.663. The number of nitrogens with zero attached hydrogens (tertiary/aromatic N) is 2. The van der Waals surface area contributed by atoms with Crippen molar-refractivity contribution in [1.82, 2.24) is 15.1 Å². The molecule has 9 nitrogen and oxygen atoms in total. The number of fused-ring (bicyclic) bond motifs is 1. The average Bonchev–Trinajstić information content (AvgIpc) is 2.81. The molecular formula is C24H30N4O5. The second kappa shape index (κ2) is 11.0. The van der Waals surface area contributed by atoms with E-state index in [0.29, 0.717) is 37.0 Å². The van der Waals surface area contributed by atoms with E-state index in [4.69, 9.17) is 14.2 Å². The lowest BCUT2D eigenvalue weighted by atomic mass is 10.2. The van der Waals surface area contributed by atoms with E-state index < -0.39 is 6.03 Å². The van der Waals surface area contributed by atoms with E-state index in [2.05, 4.69) is 32.6 Å². The van der Waals surface area contributed by atoms with E-state index in [1.165, 1.54) is 5.56 Å². The molecule has 1 saturated heterocycles. The molecule has 0 atom stereocenters. The van der Waals surface area contributed by atoms with Crippen molar-refractivity contribution >= 4 is 17.6 Å². The number of carbonyl (C=O) groups excluding carboxylic acids is 2. The van der Waals surface area contributed by atoms with Crippen LogP contribution < -0.4 is 24.8 Å². The monoisotopic (exact) mass is 454 g/mol. The highest BCUT2D eigenvalue weighted by atomic mass is 16.6. The standard InChI is InChI=1S/C24H30N4O5/c1-2-31-20-6-3-18(4-7-20)16-27-9-11-28(12-10-27)17-23(29)26-24(30)25-19-5-8-21-22(15-19)33-14-13-32-21/h3-8,15H,2,9-14,16-17H2,1H3,(H2,25,26,29,30). The molecule has 2 aromatic carbocycles. The number of anilines is 1. The molecule has 2 aromatic rings. The largest absolute Gasteiger partial charge is 0.494 e. The first-order chi connectivity index (χ1) is 16.1. The highest BCUT2D eigenvalue weighted by molar-refractivity contribution is 6.01. The predicted molar refractivity (Wildman–Crippen MR) is 124 cm³/mol. The molecule has 0 aromatic heterocycles. The average molecular weight is 455 g/mol. The molecule has 0 bridgehead atoms. The molecule has 0 aliphatic carbocycles. The molecule has 0 spiro atoms. The van der Waals surface area contributed by atoms with Crippen LogP contribution in [0.3, 0.4) is 0 Å². The Bertz CT molecular complexity index is 958. The van der Waals surface area contributed by atoms with Crippen LogP contribution in [-0.4, -0.2) is 74.3 Å². The fraction of sp³-hybridized carbons (Fsp3) is 0.417. The Balaban J connectivity index is 1.17. The Labute approximate surface area is 193 Å². The molecule has 2 aliphatic heterocycles. The number of carbonyl (C=O) groups is 2. The zero-order valence-corrected chi connectivity index (χ0v) is 18.8. The number of rotatable bonds is 7. The fourth-order valence-corrected chi connectivity index (χ4v) is 3.87. The molecule has 3 amide bonds. The van der Waals surface area contributed by atoms with Gasteiger partial charge in [-0.05, 0) is 36.8 Å². The number of amides is 3. The normalized spacial score (nSPS) is 16.2. The van der Waals surface area contributed by atoms with Crippen molar-refractivity contribution in [1.29, 1.82) is 0 Å². The van der Waals surface area contributed by atoms with Crippen molar-refractivity contribution in [3.63, 3.8) is 0 Å². The van der Waals surface area contributed by atoms with Crippen molar-refractivity contribution in [2.24, 2.45) is 0 Å². The SMILES string of the molecule is CCOc1ccc(CN2CCN(CC(=O)NC(=O)Nc3ccc4c(c3)OCCO4)CC2)cc1. The highest BCUT2D eigenvalue weighted by Crippen LogP contribution is 2.32. The second-order valence-electron chi connectivity index (χ2n) is 7.99. The van der Waals surface area contributed by atoms with Crippen LogP contribution in [0.2, 0.25) is 0 Å². The number of hydrogen-bond acceptors (Lipinski definition) is 7. The Morgan fingerprint density at radius 3 is 2.36 bits per heavy atom. The molecule has 9 heteroatoms. The summed E-state index contributed by atoms with van der Waals surface area (Å²) in [5.41, 5.74) is 1.77. The molecule has 4 rings (SSSR count). The molecule has 0 radical (unpaired) electrons. The molecular weight excluding hydrogens is 424 g/mol. The third kappa shape index (κ3) is 6.59. The maximum absolute atomic E-state index is 12.3. The first kappa shape index (κ1) is 22.9. The van der Waals surface area contributed by atoms with E-state index >= 15 is 0 Å². The molecule has 0 saturated carbocycles. The van der Waals surface area contributed by atoms with Crippen molar-refractivity contribution in [2.75, 3.05) is 57.9 Å². The summed E-state index contributed by atoms with van der Waals surface area (Å²) in [6, 6.07) is 12.7. The third-order valence-corrected chi connectivity index (χ3v) is 5.53. The van der Waals surface area contributed by atoms with Gasteiger partial charge in [0.25, 0.3) is 0 Å². The van der Waals surface area contributed by atoms with E-state index in [1.807, 2.05) is 19.1 Å². The van der Waals surface area contributed by atoms with Crippen LogP contribution >= 0.6 is 0 Å². The van der Waals surface area contributed by atoms with Gasteiger partial charge in [-0.1, -0.05) is 12.1 Å². The molecule has 2 N–H and O–H groups in total. The number of ether oxygens (including phenoxy) is 3. The number of hydrogen-bond donors (Lipinski definition) is 2. The van der Waals surface area contributed by atoms with Gasteiger partial charge in [0.2, 0.25) is 5.91 Å². The zero-order chi connectivity index (χ0) is 23.0. The predicted octanol–water partition coefficient (Wildman–Crippen LogP) is 2.32. The van der Waals surface area contributed by atoms with Crippen LogP contribution in [0.4, 0.5) is 10.5 Å². The van der Waals surface area contributed by atoms with Gasteiger partial charge >= 0.3 is 6.03 Å². The summed E-state index contributed by atoms with van der Waals surface area (Å²) in [4.78, 5) is 28.9. The van der Waals surface area contributed by atoms with Crippen LogP contribution in [-0.2, 0) is 11.3 Å². The van der Waals surface area contributed by atoms with Crippen LogP contribution in [0.15, 0.2) is 42.5 Å². The number of imide groups is 1. The first-order valence-corrected chi connectivity index (χ1v) is 11.3. The van der Waals surface area contributed by atoms with Crippen LogP contribution in [0.5, 0.6) is 17.2 Å². The lowest BCUT2D eigenvalue weighted by Crippen LogP contribution is -2.50. The van der Waals surface area contributed by atoms with Crippen molar-refractivity contribution in [2.45, 2.75) is 13.5 Å². The van der Waals surface area contributed by atoms with Gasteiger partial charge < -0.3 is 19.5 Å². The Hall–Kier alpha value is -3.30. The van der Waals surface area contributed by atoms with E-state index in [-0.39, 0.29) is 12.5 Å². The molecule has 0 unspecified atom stereocenters. The maximum atomic E-state index is 12.3. The molecule has 2 aliphatic rings. The Kier molecular flexibility index (Phi) is 7.64.